The number of hydrogen-bond donors (Lipinski definition) is 3. The lowest BCUT2D eigenvalue weighted by molar-refractivity contribution is -0.121. The van der Waals surface area contributed by atoms with Crippen LogP contribution >= 0.6 is 0 Å². The van der Waals surface area contributed by atoms with Gasteiger partial charge in [0.25, 0.3) is 0 Å². The fourth-order valence-electron chi connectivity index (χ4n) is 2.89. The average Bonchev–Trinajstić information content (AvgIpc) is 2.89. The molecule has 1 saturated heterocycles. The minimum Gasteiger partial charge on any atom is -0.326 e. The van der Waals surface area contributed by atoms with Crippen molar-refractivity contribution >= 4 is 34.2 Å². The van der Waals surface area contributed by atoms with E-state index in [1.165, 1.54) is 6.92 Å². The van der Waals surface area contributed by atoms with E-state index in [0.29, 0.717) is 11.5 Å². The fourth-order valence-corrected chi connectivity index (χ4v) is 2.89. The first-order valence-corrected chi connectivity index (χ1v) is 7.78. The van der Waals surface area contributed by atoms with Gasteiger partial charge in [0, 0.05) is 23.9 Å². The van der Waals surface area contributed by atoms with E-state index >= 15 is 0 Å². The molecule has 23 heavy (non-hydrogen) atoms. The number of hydrogen-bond acceptors (Lipinski definition) is 4. The number of aromatic nitrogens is 2. The van der Waals surface area contributed by atoms with Crippen molar-refractivity contribution in [3.8, 4) is 0 Å². The largest absolute Gasteiger partial charge is 0.326 e. The molecule has 1 aromatic carbocycles. The SMILES string of the molecule is CC(=O)Nc1ccc2c(NC(=O)C3CCN(C)CC3)n[nH]c2c1. The van der Waals surface area contributed by atoms with E-state index in [4.69, 9.17) is 0 Å². The summed E-state index contributed by atoms with van der Waals surface area (Å²) in [4.78, 5) is 25.7. The predicted octanol–water partition coefficient (Wildman–Crippen LogP) is 1.80. The van der Waals surface area contributed by atoms with Gasteiger partial charge in [0.15, 0.2) is 5.82 Å². The van der Waals surface area contributed by atoms with E-state index in [1.807, 2.05) is 6.07 Å². The molecule has 1 aliphatic rings. The molecule has 0 radical (unpaired) electrons. The Kier molecular flexibility index (Phi) is 4.29. The summed E-state index contributed by atoms with van der Waals surface area (Å²) in [6, 6.07) is 5.44. The van der Waals surface area contributed by atoms with Crippen molar-refractivity contribution < 1.29 is 9.59 Å². The van der Waals surface area contributed by atoms with Gasteiger partial charge in [-0.15, -0.1) is 0 Å². The summed E-state index contributed by atoms with van der Waals surface area (Å²) >= 11 is 0. The number of H-pyrrole nitrogens is 1. The monoisotopic (exact) mass is 315 g/mol. The van der Waals surface area contributed by atoms with Crippen LogP contribution in [-0.4, -0.2) is 47.0 Å². The number of amides is 2. The third-order valence-electron chi connectivity index (χ3n) is 4.21. The Bertz CT molecular complexity index is 731. The van der Waals surface area contributed by atoms with Crippen molar-refractivity contribution in [2.24, 2.45) is 5.92 Å². The minimum absolute atomic E-state index is 0.0254. The summed E-state index contributed by atoms with van der Waals surface area (Å²) < 4.78 is 0. The Morgan fingerprint density at radius 2 is 2.00 bits per heavy atom. The van der Waals surface area contributed by atoms with Gasteiger partial charge in [-0.05, 0) is 51.2 Å². The van der Waals surface area contributed by atoms with Gasteiger partial charge in [0.05, 0.1) is 5.52 Å². The number of nitrogens with one attached hydrogen (secondary N) is 3. The summed E-state index contributed by atoms with van der Waals surface area (Å²) in [6.45, 7) is 3.35. The average molecular weight is 315 g/mol. The number of carbonyl (C=O) groups excluding carboxylic acids is 2. The Hall–Kier alpha value is -2.41. The molecule has 7 nitrogen and oxygen atoms in total. The van der Waals surface area contributed by atoms with Crippen LogP contribution in [0.15, 0.2) is 18.2 Å². The van der Waals surface area contributed by atoms with Crippen LogP contribution in [0, 0.1) is 5.92 Å². The number of aromatic amines is 1. The molecular weight excluding hydrogens is 294 g/mol. The molecule has 3 N–H and O–H groups in total. The van der Waals surface area contributed by atoms with Crippen LogP contribution in [0.25, 0.3) is 10.9 Å². The molecule has 2 heterocycles. The number of benzene rings is 1. The summed E-state index contributed by atoms with van der Waals surface area (Å²) in [7, 11) is 2.07. The maximum Gasteiger partial charge on any atom is 0.228 e. The second-order valence-corrected chi connectivity index (χ2v) is 6.08. The topological polar surface area (TPSA) is 90.1 Å². The van der Waals surface area contributed by atoms with Crippen LogP contribution in [0.1, 0.15) is 19.8 Å². The van der Waals surface area contributed by atoms with Crippen molar-refractivity contribution in [1.82, 2.24) is 15.1 Å². The van der Waals surface area contributed by atoms with Gasteiger partial charge in [0.1, 0.15) is 0 Å². The molecule has 0 unspecified atom stereocenters. The van der Waals surface area contributed by atoms with Crippen molar-refractivity contribution in [3.05, 3.63) is 18.2 Å². The first-order valence-electron chi connectivity index (χ1n) is 7.78. The normalized spacial score (nSPS) is 16.4. The zero-order chi connectivity index (χ0) is 16.4. The molecule has 0 bridgehead atoms. The first kappa shape index (κ1) is 15.5. The summed E-state index contributed by atoms with van der Waals surface area (Å²) in [5, 5.41) is 13.6. The fraction of sp³-hybridized carbons (Fsp3) is 0.438. The summed E-state index contributed by atoms with van der Waals surface area (Å²) in [5.41, 5.74) is 1.47. The maximum atomic E-state index is 12.4. The molecule has 2 amide bonds. The second kappa shape index (κ2) is 6.37. The molecule has 0 aliphatic carbocycles. The highest BCUT2D eigenvalue weighted by atomic mass is 16.2. The zero-order valence-corrected chi connectivity index (χ0v) is 13.3. The van der Waals surface area contributed by atoms with E-state index in [1.54, 1.807) is 12.1 Å². The molecule has 7 heteroatoms. The van der Waals surface area contributed by atoms with Gasteiger partial charge < -0.3 is 15.5 Å². The summed E-state index contributed by atoms with van der Waals surface area (Å²) in [5.74, 6) is 0.479. The number of carbonyl (C=O) groups is 2. The standard InChI is InChI=1S/C16H21N5O2/c1-10(22)17-12-3-4-13-14(9-12)19-20-15(13)18-16(23)11-5-7-21(2)8-6-11/h3-4,9,11H,5-8H2,1-2H3,(H,17,22)(H2,18,19,20,23). The second-order valence-electron chi connectivity index (χ2n) is 6.08. The molecule has 3 rings (SSSR count). The van der Waals surface area contributed by atoms with Crippen LogP contribution in [0.5, 0.6) is 0 Å². The minimum atomic E-state index is -0.125. The lowest BCUT2D eigenvalue weighted by Crippen LogP contribution is -2.36. The van der Waals surface area contributed by atoms with Gasteiger partial charge in [-0.2, -0.15) is 5.10 Å². The zero-order valence-electron chi connectivity index (χ0n) is 13.3. The molecule has 0 saturated carbocycles. The highest BCUT2D eigenvalue weighted by molar-refractivity contribution is 6.02. The maximum absolute atomic E-state index is 12.4. The third-order valence-corrected chi connectivity index (χ3v) is 4.21. The van der Waals surface area contributed by atoms with Gasteiger partial charge in [-0.25, -0.2) is 0 Å². The highest BCUT2D eigenvalue weighted by Gasteiger charge is 2.24. The highest BCUT2D eigenvalue weighted by Crippen LogP contribution is 2.25. The number of piperidine rings is 1. The van der Waals surface area contributed by atoms with Gasteiger partial charge >= 0.3 is 0 Å². The third kappa shape index (κ3) is 3.50. The number of anilines is 2. The first-order chi connectivity index (χ1) is 11.0. The van der Waals surface area contributed by atoms with E-state index < -0.39 is 0 Å². The number of nitrogens with zero attached hydrogens (tertiary/aromatic N) is 2. The van der Waals surface area contributed by atoms with Gasteiger partial charge in [-0.1, -0.05) is 0 Å². The molecule has 1 aliphatic heterocycles. The number of rotatable bonds is 3. The Morgan fingerprint density at radius 3 is 2.70 bits per heavy atom. The molecule has 2 aromatic rings. The molecular formula is C16H21N5O2. The Balaban J connectivity index is 1.73. The summed E-state index contributed by atoms with van der Waals surface area (Å²) in [6.07, 6.45) is 1.74. The number of likely N-dealkylation sites (tertiary alicyclic amines) is 1. The van der Waals surface area contributed by atoms with Crippen molar-refractivity contribution in [1.29, 1.82) is 0 Å². The molecule has 0 spiro atoms. The predicted molar refractivity (Wildman–Crippen MR) is 89.2 cm³/mol. The quantitative estimate of drug-likeness (QED) is 0.805. The van der Waals surface area contributed by atoms with Crippen molar-refractivity contribution in [2.45, 2.75) is 19.8 Å². The van der Waals surface area contributed by atoms with E-state index in [9.17, 15) is 9.59 Å². The smallest absolute Gasteiger partial charge is 0.228 e. The molecule has 122 valence electrons. The molecule has 1 aromatic heterocycles. The number of fused-ring (bicyclic) bond motifs is 1. The van der Waals surface area contributed by atoms with Gasteiger partial charge in [0.2, 0.25) is 11.8 Å². The van der Waals surface area contributed by atoms with Gasteiger partial charge in [-0.3, -0.25) is 14.7 Å². The molecule has 1 fully saturated rings. The van der Waals surface area contributed by atoms with E-state index in [2.05, 4.69) is 32.8 Å². The van der Waals surface area contributed by atoms with Crippen LogP contribution < -0.4 is 10.6 Å². The van der Waals surface area contributed by atoms with E-state index in [-0.39, 0.29) is 17.7 Å². The van der Waals surface area contributed by atoms with Crippen molar-refractivity contribution in [3.63, 3.8) is 0 Å². The van der Waals surface area contributed by atoms with Crippen LogP contribution in [0.2, 0.25) is 0 Å². The van der Waals surface area contributed by atoms with E-state index in [0.717, 1.165) is 36.8 Å². The Morgan fingerprint density at radius 1 is 1.26 bits per heavy atom. The van der Waals surface area contributed by atoms with Crippen LogP contribution in [-0.2, 0) is 9.59 Å². The van der Waals surface area contributed by atoms with Crippen LogP contribution in [0.4, 0.5) is 11.5 Å². The lowest BCUT2D eigenvalue weighted by atomic mass is 9.96. The Labute approximate surface area is 134 Å². The lowest BCUT2D eigenvalue weighted by Gasteiger charge is -2.27. The molecule has 0 atom stereocenters. The van der Waals surface area contributed by atoms with Crippen molar-refractivity contribution in [2.75, 3.05) is 30.8 Å². The van der Waals surface area contributed by atoms with Crippen LogP contribution in [0.3, 0.4) is 0 Å².